The Morgan fingerprint density at radius 2 is 1.88 bits per heavy atom. The Kier molecular flexibility index (Phi) is 4.49. The maximum Gasteiger partial charge on any atom is 0.307 e. The van der Waals surface area contributed by atoms with Crippen LogP contribution in [0.4, 0.5) is 0 Å². The topological polar surface area (TPSA) is 68.5 Å². The van der Waals surface area contributed by atoms with E-state index < -0.39 is 11.5 Å². The fourth-order valence-corrected chi connectivity index (χ4v) is 4.11. The van der Waals surface area contributed by atoms with Gasteiger partial charge in [-0.25, -0.2) is 0 Å². The number of furan rings is 1. The summed E-state index contributed by atoms with van der Waals surface area (Å²) in [6.45, 7) is 0.285. The van der Waals surface area contributed by atoms with Gasteiger partial charge >= 0.3 is 5.97 Å². The predicted octanol–water partition coefficient (Wildman–Crippen LogP) is 4.09. The summed E-state index contributed by atoms with van der Waals surface area (Å²) < 4.78 is 11.3. The molecule has 1 saturated carbocycles. The number of benzene rings is 1. The Morgan fingerprint density at radius 3 is 2.62 bits per heavy atom. The first-order valence-corrected chi connectivity index (χ1v) is 9.28. The van der Waals surface area contributed by atoms with Crippen LogP contribution in [-0.4, -0.2) is 17.5 Å². The molecular formula is C20H20ClNO4. The van der Waals surface area contributed by atoms with Gasteiger partial charge < -0.3 is 14.5 Å². The summed E-state index contributed by atoms with van der Waals surface area (Å²) in [7, 11) is 0. The van der Waals surface area contributed by atoms with E-state index in [0.29, 0.717) is 10.8 Å². The lowest BCUT2D eigenvalue weighted by Gasteiger charge is -2.27. The Labute approximate surface area is 156 Å². The molecule has 1 aromatic carbocycles. The van der Waals surface area contributed by atoms with E-state index in [1.54, 1.807) is 12.1 Å². The number of amides is 1. The van der Waals surface area contributed by atoms with Crippen molar-refractivity contribution in [3.8, 4) is 11.3 Å². The van der Waals surface area contributed by atoms with Crippen LogP contribution in [0.1, 0.15) is 37.9 Å². The maximum absolute atomic E-state index is 12.6. The monoisotopic (exact) mass is 373 g/mol. The van der Waals surface area contributed by atoms with Gasteiger partial charge in [-0.15, -0.1) is 0 Å². The number of hydrogen-bond donors (Lipinski definition) is 1. The third-order valence-corrected chi connectivity index (χ3v) is 5.57. The molecule has 2 fully saturated rings. The van der Waals surface area contributed by atoms with E-state index in [0.717, 1.165) is 37.0 Å². The normalized spacial score (nSPS) is 21.1. The lowest BCUT2D eigenvalue weighted by Crippen LogP contribution is -2.42. The van der Waals surface area contributed by atoms with Gasteiger partial charge in [0.05, 0.1) is 18.9 Å². The van der Waals surface area contributed by atoms with Gasteiger partial charge in [0, 0.05) is 10.6 Å². The highest BCUT2D eigenvalue weighted by Gasteiger charge is 2.53. The van der Waals surface area contributed by atoms with Crippen molar-refractivity contribution in [1.29, 1.82) is 0 Å². The molecule has 1 aliphatic heterocycles. The molecule has 2 aromatic rings. The highest BCUT2D eigenvalue weighted by atomic mass is 35.5. The van der Waals surface area contributed by atoms with Crippen molar-refractivity contribution in [2.45, 2.75) is 44.2 Å². The smallest absolute Gasteiger partial charge is 0.307 e. The van der Waals surface area contributed by atoms with Crippen LogP contribution in [0.15, 0.2) is 40.8 Å². The Balaban J connectivity index is 1.40. The second kappa shape index (κ2) is 6.80. The second-order valence-electron chi connectivity index (χ2n) is 6.99. The summed E-state index contributed by atoms with van der Waals surface area (Å²) in [6.07, 6.45) is 3.72. The largest absolute Gasteiger partial charge is 0.459 e. The summed E-state index contributed by atoms with van der Waals surface area (Å²) in [5.74, 6) is 0.576. The number of rotatable bonds is 4. The van der Waals surface area contributed by atoms with Crippen molar-refractivity contribution >= 4 is 23.5 Å². The SMILES string of the molecule is O=C1C[C@@H](C(=O)NCc2ccc(-c3ccc(Cl)cc3)o2)C2(CCCC2)O1. The summed E-state index contributed by atoms with van der Waals surface area (Å²) in [5.41, 5.74) is 0.338. The van der Waals surface area contributed by atoms with Gasteiger partial charge in [0.1, 0.15) is 17.1 Å². The number of hydrogen-bond acceptors (Lipinski definition) is 4. The highest BCUT2D eigenvalue weighted by Crippen LogP contribution is 2.45. The van der Waals surface area contributed by atoms with Gasteiger partial charge in [-0.1, -0.05) is 11.6 Å². The van der Waals surface area contributed by atoms with Crippen LogP contribution < -0.4 is 5.32 Å². The van der Waals surface area contributed by atoms with E-state index in [1.807, 2.05) is 24.3 Å². The standard InChI is InChI=1S/C20H20ClNO4/c21-14-5-3-13(4-6-14)17-8-7-15(25-17)12-22-19(24)16-11-18(23)26-20(16)9-1-2-10-20/h3-8,16H,1-2,9-12H2,(H,22,24)/t16-/m0/s1. The zero-order valence-electron chi connectivity index (χ0n) is 14.3. The maximum atomic E-state index is 12.6. The third-order valence-electron chi connectivity index (χ3n) is 5.32. The van der Waals surface area contributed by atoms with E-state index in [2.05, 4.69) is 5.32 Å². The molecule has 5 nitrogen and oxygen atoms in total. The molecule has 6 heteroatoms. The van der Waals surface area contributed by atoms with Crippen LogP contribution in [0, 0.1) is 5.92 Å². The quantitative estimate of drug-likeness (QED) is 0.819. The minimum absolute atomic E-state index is 0.137. The summed E-state index contributed by atoms with van der Waals surface area (Å²) >= 11 is 5.90. The van der Waals surface area contributed by atoms with Crippen molar-refractivity contribution in [3.05, 3.63) is 47.2 Å². The molecule has 2 aliphatic rings. The van der Waals surface area contributed by atoms with Gasteiger partial charge in [-0.2, -0.15) is 0 Å². The number of carbonyl (C=O) groups is 2. The van der Waals surface area contributed by atoms with Crippen LogP contribution in [0.2, 0.25) is 5.02 Å². The first-order chi connectivity index (χ1) is 12.6. The molecule has 1 saturated heterocycles. The predicted molar refractivity (Wildman–Crippen MR) is 96.4 cm³/mol. The van der Waals surface area contributed by atoms with Crippen LogP contribution in [0.5, 0.6) is 0 Å². The number of ether oxygens (including phenoxy) is 1. The van der Waals surface area contributed by atoms with Gasteiger partial charge in [0.15, 0.2) is 0 Å². The van der Waals surface area contributed by atoms with Crippen molar-refractivity contribution in [2.75, 3.05) is 0 Å². The molecule has 1 spiro atoms. The zero-order chi connectivity index (χ0) is 18.1. The number of carbonyl (C=O) groups excluding carboxylic acids is 2. The van der Waals surface area contributed by atoms with Crippen LogP contribution >= 0.6 is 11.6 Å². The fourth-order valence-electron chi connectivity index (χ4n) is 3.99. The Bertz CT molecular complexity index is 821. The molecule has 136 valence electrons. The Morgan fingerprint density at radius 1 is 1.15 bits per heavy atom. The average molecular weight is 374 g/mol. The van der Waals surface area contributed by atoms with E-state index in [-0.39, 0.29) is 24.8 Å². The molecule has 1 aliphatic carbocycles. The molecule has 26 heavy (non-hydrogen) atoms. The average Bonchev–Trinajstić information content (AvgIpc) is 3.35. The Hall–Kier alpha value is -2.27. The first kappa shape index (κ1) is 17.2. The molecular weight excluding hydrogens is 354 g/mol. The molecule has 2 heterocycles. The van der Waals surface area contributed by atoms with Crippen LogP contribution in [0.3, 0.4) is 0 Å². The summed E-state index contributed by atoms with van der Waals surface area (Å²) in [5, 5.41) is 3.57. The molecule has 1 aromatic heterocycles. The molecule has 4 rings (SSSR count). The van der Waals surface area contributed by atoms with Gasteiger partial charge in [0.2, 0.25) is 5.91 Å². The molecule has 0 bridgehead atoms. The van der Waals surface area contributed by atoms with Crippen molar-refractivity contribution in [3.63, 3.8) is 0 Å². The van der Waals surface area contributed by atoms with E-state index in [9.17, 15) is 9.59 Å². The summed E-state index contributed by atoms with van der Waals surface area (Å²) in [6, 6.07) is 11.1. The first-order valence-electron chi connectivity index (χ1n) is 8.90. The minimum Gasteiger partial charge on any atom is -0.459 e. The van der Waals surface area contributed by atoms with Gasteiger partial charge in [0.25, 0.3) is 0 Å². The van der Waals surface area contributed by atoms with Crippen LogP contribution in [-0.2, 0) is 20.9 Å². The number of esters is 1. The molecule has 1 amide bonds. The van der Waals surface area contributed by atoms with Gasteiger partial charge in [-0.05, 0) is 62.1 Å². The lowest BCUT2D eigenvalue weighted by molar-refractivity contribution is -0.150. The van der Waals surface area contributed by atoms with Crippen molar-refractivity contribution in [2.24, 2.45) is 5.92 Å². The zero-order valence-corrected chi connectivity index (χ0v) is 15.1. The fraction of sp³-hybridized carbons (Fsp3) is 0.400. The lowest BCUT2D eigenvalue weighted by atomic mass is 9.85. The second-order valence-corrected chi connectivity index (χ2v) is 7.43. The van der Waals surface area contributed by atoms with E-state index >= 15 is 0 Å². The van der Waals surface area contributed by atoms with Crippen molar-refractivity contribution in [1.82, 2.24) is 5.32 Å². The van der Waals surface area contributed by atoms with Crippen LogP contribution in [0.25, 0.3) is 11.3 Å². The van der Waals surface area contributed by atoms with E-state index in [4.69, 9.17) is 20.8 Å². The number of nitrogens with one attached hydrogen (secondary N) is 1. The highest BCUT2D eigenvalue weighted by molar-refractivity contribution is 6.30. The summed E-state index contributed by atoms with van der Waals surface area (Å²) in [4.78, 5) is 24.4. The van der Waals surface area contributed by atoms with E-state index in [1.165, 1.54) is 0 Å². The minimum atomic E-state index is -0.585. The molecule has 1 N–H and O–H groups in total. The third kappa shape index (κ3) is 3.23. The van der Waals surface area contributed by atoms with Gasteiger partial charge in [-0.3, -0.25) is 9.59 Å². The molecule has 1 atom stereocenters. The molecule has 0 unspecified atom stereocenters. The van der Waals surface area contributed by atoms with Crippen molar-refractivity contribution < 1.29 is 18.7 Å². The number of halogens is 1. The molecule has 0 radical (unpaired) electrons.